The number of benzene rings is 3. The second-order valence-electron chi connectivity index (χ2n) is 8.14. The zero-order valence-electron chi connectivity index (χ0n) is 17.5. The van der Waals surface area contributed by atoms with Crippen LogP contribution in [0.4, 0.5) is 22.0 Å². The fourth-order valence-corrected chi connectivity index (χ4v) is 4.42. The van der Waals surface area contributed by atoms with Crippen LogP contribution in [0, 0.1) is 46.8 Å². The van der Waals surface area contributed by atoms with E-state index in [4.69, 9.17) is 0 Å². The normalized spacial score (nSPS) is 18.7. The summed E-state index contributed by atoms with van der Waals surface area (Å²) in [4.78, 5) is 0. The topological polar surface area (TPSA) is 0 Å². The van der Waals surface area contributed by atoms with Crippen LogP contribution < -0.4 is 0 Å². The highest BCUT2D eigenvalue weighted by atomic mass is 19.2. The molecule has 0 unspecified atom stereocenters. The van der Waals surface area contributed by atoms with E-state index in [-0.39, 0.29) is 5.82 Å². The van der Waals surface area contributed by atoms with Gasteiger partial charge in [0, 0.05) is 11.1 Å². The van der Waals surface area contributed by atoms with Gasteiger partial charge in [0.2, 0.25) is 0 Å². The number of hydrogen-bond acceptors (Lipinski definition) is 0. The molecule has 0 aliphatic heterocycles. The van der Waals surface area contributed by atoms with E-state index >= 15 is 0 Å². The van der Waals surface area contributed by atoms with Crippen molar-refractivity contribution in [1.82, 2.24) is 0 Å². The van der Waals surface area contributed by atoms with Crippen LogP contribution in [0.3, 0.4) is 0 Å². The number of rotatable bonds is 2. The summed E-state index contributed by atoms with van der Waals surface area (Å²) in [5.74, 6) is -1.49. The molecule has 0 saturated heterocycles. The number of allylic oxidation sites excluding steroid dienone is 2. The number of halogens is 5. The Balaban J connectivity index is 1.66. The maximum atomic E-state index is 14.8. The third-order valence-corrected chi connectivity index (χ3v) is 6.08. The van der Waals surface area contributed by atoms with E-state index < -0.39 is 40.3 Å². The standard InChI is InChI=1S/C27H21F5/c1-2-3-16-4-8-18(9-5-16)23-26(31)24(29)22(25(30)27(23)32)13-7-17-6-10-20-15-21(28)12-11-19(20)14-17/h2-3,6,10-12,14-16,18H,4-5,8-9H2,1H3/b3-2+. The van der Waals surface area contributed by atoms with E-state index in [0.29, 0.717) is 47.9 Å². The van der Waals surface area contributed by atoms with E-state index in [1.54, 1.807) is 24.3 Å². The Morgan fingerprint density at radius 1 is 0.750 bits per heavy atom. The van der Waals surface area contributed by atoms with Crippen LogP contribution >= 0.6 is 0 Å². The Morgan fingerprint density at radius 3 is 2.03 bits per heavy atom. The lowest BCUT2D eigenvalue weighted by molar-refractivity contribution is 0.345. The molecule has 0 heterocycles. The molecule has 0 bridgehead atoms. The van der Waals surface area contributed by atoms with Crippen LogP contribution in [-0.2, 0) is 0 Å². The Hall–Kier alpha value is -3.13. The molecule has 0 aromatic heterocycles. The van der Waals surface area contributed by atoms with Crippen molar-refractivity contribution in [3.8, 4) is 11.8 Å². The Labute approximate surface area is 183 Å². The summed E-state index contributed by atoms with van der Waals surface area (Å²) < 4.78 is 72.4. The average molecular weight is 440 g/mol. The minimum Gasteiger partial charge on any atom is -0.207 e. The molecule has 1 aliphatic carbocycles. The van der Waals surface area contributed by atoms with Crippen molar-refractivity contribution in [3.05, 3.63) is 94.3 Å². The Morgan fingerprint density at radius 2 is 1.38 bits per heavy atom. The highest BCUT2D eigenvalue weighted by Gasteiger charge is 2.31. The first-order chi connectivity index (χ1) is 15.4. The molecule has 3 aromatic carbocycles. The summed E-state index contributed by atoms with van der Waals surface area (Å²) in [6, 6.07) is 8.96. The van der Waals surface area contributed by atoms with Gasteiger partial charge in [0.15, 0.2) is 23.3 Å². The van der Waals surface area contributed by atoms with E-state index in [2.05, 4.69) is 11.8 Å². The van der Waals surface area contributed by atoms with Crippen molar-refractivity contribution < 1.29 is 22.0 Å². The third kappa shape index (κ3) is 4.27. The van der Waals surface area contributed by atoms with Gasteiger partial charge in [0.25, 0.3) is 0 Å². The predicted octanol–water partition coefficient (Wildman–Crippen LogP) is 7.79. The first kappa shape index (κ1) is 22.1. The van der Waals surface area contributed by atoms with Crippen LogP contribution in [0.2, 0.25) is 0 Å². The lowest BCUT2D eigenvalue weighted by Crippen LogP contribution is -2.17. The summed E-state index contributed by atoms with van der Waals surface area (Å²) in [6.07, 6.45) is 6.34. The minimum atomic E-state index is -1.47. The van der Waals surface area contributed by atoms with Gasteiger partial charge in [-0.25, -0.2) is 22.0 Å². The zero-order valence-corrected chi connectivity index (χ0v) is 17.5. The van der Waals surface area contributed by atoms with E-state index in [9.17, 15) is 22.0 Å². The van der Waals surface area contributed by atoms with Crippen molar-refractivity contribution in [2.24, 2.45) is 5.92 Å². The van der Waals surface area contributed by atoms with Gasteiger partial charge in [0.05, 0.1) is 0 Å². The summed E-state index contributed by atoms with van der Waals surface area (Å²) in [6.45, 7) is 1.91. The highest BCUT2D eigenvalue weighted by Crippen LogP contribution is 2.40. The molecule has 0 atom stereocenters. The molecular formula is C27H21F5. The third-order valence-electron chi connectivity index (χ3n) is 6.08. The largest absolute Gasteiger partial charge is 0.207 e. The number of fused-ring (bicyclic) bond motifs is 1. The minimum absolute atomic E-state index is 0.320. The zero-order chi connectivity index (χ0) is 22.8. The van der Waals surface area contributed by atoms with Gasteiger partial charge in [-0.3, -0.25) is 0 Å². The van der Waals surface area contributed by atoms with Gasteiger partial charge in [-0.15, -0.1) is 0 Å². The fraction of sp³-hybridized carbons (Fsp3) is 0.259. The molecule has 0 spiro atoms. The maximum Gasteiger partial charge on any atom is 0.177 e. The van der Waals surface area contributed by atoms with Crippen molar-refractivity contribution in [1.29, 1.82) is 0 Å². The summed E-state index contributed by atoms with van der Waals surface area (Å²) in [5, 5.41) is 1.32. The van der Waals surface area contributed by atoms with Crippen LogP contribution in [0.15, 0.2) is 48.6 Å². The molecular weight excluding hydrogens is 419 g/mol. The second-order valence-corrected chi connectivity index (χ2v) is 8.14. The Kier molecular flexibility index (Phi) is 6.32. The van der Waals surface area contributed by atoms with E-state index in [0.717, 1.165) is 0 Å². The molecule has 3 aromatic rings. The van der Waals surface area contributed by atoms with Gasteiger partial charge in [0.1, 0.15) is 11.4 Å². The van der Waals surface area contributed by atoms with Crippen molar-refractivity contribution in [2.45, 2.75) is 38.5 Å². The summed E-state index contributed by atoms with van der Waals surface area (Å²) in [7, 11) is 0. The molecule has 0 amide bonds. The molecule has 164 valence electrons. The fourth-order valence-electron chi connectivity index (χ4n) is 4.42. The summed E-state index contributed by atoms with van der Waals surface area (Å²) in [5.41, 5.74) is -1.06. The van der Waals surface area contributed by atoms with Crippen molar-refractivity contribution in [2.75, 3.05) is 0 Å². The lowest BCUT2D eigenvalue weighted by atomic mass is 9.78. The smallest absolute Gasteiger partial charge is 0.177 e. The van der Waals surface area contributed by atoms with Gasteiger partial charge in [-0.2, -0.15) is 0 Å². The van der Waals surface area contributed by atoms with Crippen molar-refractivity contribution >= 4 is 10.8 Å². The van der Waals surface area contributed by atoms with Gasteiger partial charge in [-0.1, -0.05) is 36.1 Å². The molecule has 1 fully saturated rings. The lowest BCUT2D eigenvalue weighted by Gasteiger charge is -2.28. The molecule has 1 saturated carbocycles. The molecule has 32 heavy (non-hydrogen) atoms. The monoisotopic (exact) mass is 440 g/mol. The molecule has 1 aliphatic rings. The first-order valence-corrected chi connectivity index (χ1v) is 10.6. The van der Waals surface area contributed by atoms with Gasteiger partial charge < -0.3 is 0 Å². The SMILES string of the molecule is C/C=C/C1CCC(c2c(F)c(F)c(C#Cc3ccc4cc(F)ccc4c3)c(F)c2F)CC1. The highest BCUT2D eigenvalue weighted by molar-refractivity contribution is 5.84. The summed E-state index contributed by atoms with van der Waals surface area (Å²) >= 11 is 0. The van der Waals surface area contributed by atoms with Crippen LogP contribution in [0.5, 0.6) is 0 Å². The molecule has 5 heteroatoms. The van der Waals surface area contributed by atoms with E-state index in [1.165, 1.54) is 12.1 Å². The van der Waals surface area contributed by atoms with Gasteiger partial charge >= 0.3 is 0 Å². The van der Waals surface area contributed by atoms with Crippen LogP contribution in [-0.4, -0.2) is 0 Å². The van der Waals surface area contributed by atoms with Crippen molar-refractivity contribution in [3.63, 3.8) is 0 Å². The number of hydrogen-bond donors (Lipinski definition) is 0. The van der Waals surface area contributed by atoms with Crippen LogP contribution in [0.1, 0.15) is 55.2 Å². The molecule has 0 nitrogen and oxygen atoms in total. The maximum absolute atomic E-state index is 14.8. The van der Waals surface area contributed by atoms with Gasteiger partial charge in [-0.05, 0) is 79.5 Å². The molecule has 0 radical (unpaired) electrons. The first-order valence-electron chi connectivity index (χ1n) is 10.6. The average Bonchev–Trinajstić information content (AvgIpc) is 2.79. The molecule has 4 rings (SSSR count). The van der Waals surface area contributed by atoms with Crippen LogP contribution in [0.25, 0.3) is 10.8 Å². The molecule has 0 N–H and O–H groups in total. The quantitative estimate of drug-likeness (QED) is 0.165. The Bertz CT molecular complexity index is 1230. The van der Waals surface area contributed by atoms with E-state index in [1.807, 2.05) is 19.1 Å². The second kappa shape index (κ2) is 9.16. The predicted molar refractivity (Wildman–Crippen MR) is 116 cm³/mol.